The first kappa shape index (κ1) is 20.4. The monoisotopic (exact) mass is 414 g/mol. The van der Waals surface area contributed by atoms with E-state index in [9.17, 15) is 26.3 Å². The van der Waals surface area contributed by atoms with Crippen LogP contribution in [0.1, 0.15) is 16.8 Å². The Bertz CT molecular complexity index is 1050. The van der Waals surface area contributed by atoms with Crippen LogP contribution < -0.4 is 10.2 Å². The molecular weight excluding hydrogens is 402 g/mol. The third kappa shape index (κ3) is 4.73. The second kappa shape index (κ2) is 7.57. The van der Waals surface area contributed by atoms with Crippen LogP contribution >= 0.6 is 0 Å². The Morgan fingerprint density at radius 3 is 2.21 bits per heavy atom. The van der Waals surface area contributed by atoms with Gasteiger partial charge in [-0.2, -0.15) is 31.4 Å². The SMILES string of the molecule is COc1ccc(/C=N/Nc2ccc3c(C(F)(F)F)cc(C(F)(F)F)nc3n2)cc1. The highest BCUT2D eigenvalue weighted by atomic mass is 19.4. The highest BCUT2D eigenvalue weighted by molar-refractivity contribution is 5.82. The van der Waals surface area contributed by atoms with Gasteiger partial charge in [0.25, 0.3) is 0 Å². The van der Waals surface area contributed by atoms with Crippen LogP contribution in [-0.4, -0.2) is 23.3 Å². The van der Waals surface area contributed by atoms with Gasteiger partial charge in [-0.15, -0.1) is 0 Å². The Morgan fingerprint density at radius 2 is 1.62 bits per heavy atom. The van der Waals surface area contributed by atoms with Crippen molar-refractivity contribution in [2.24, 2.45) is 5.10 Å². The van der Waals surface area contributed by atoms with Crippen LogP contribution in [0.5, 0.6) is 5.75 Å². The van der Waals surface area contributed by atoms with Crippen LogP contribution in [-0.2, 0) is 12.4 Å². The predicted molar refractivity (Wildman–Crippen MR) is 93.8 cm³/mol. The largest absolute Gasteiger partial charge is 0.497 e. The number of halogens is 6. The third-order valence-electron chi connectivity index (χ3n) is 3.78. The molecule has 2 heterocycles. The van der Waals surface area contributed by atoms with Gasteiger partial charge in [0.05, 0.1) is 18.9 Å². The highest BCUT2D eigenvalue weighted by Crippen LogP contribution is 2.38. The molecule has 5 nitrogen and oxygen atoms in total. The number of anilines is 1. The molecule has 0 radical (unpaired) electrons. The van der Waals surface area contributed by atoms with Crippen LogP contribution in [0.25, 0.3) is 11.0 Å². The number of benzene rings is 1. The number of ether oxygens (including phenoxy) is 1. The summed E-state index contributed by atoms with van der Waals surface area (Å²) >= 11 is 0. The van der Waals surface area contributed by atoms with Gasteiger partial charge in [0.1, 0.15) is 17.3 Å². The normalized spacial score (nSPS) is 12.5. The number of rotatable bonds is 4. The summed E-state index contributed by atoms with van der Waals surface area (Å²) in [5.41, 5.74) is -0.705. The van der Waals surface area contributed by atoms with Gasteiger partial charge in [-0.05, 0) is 48.0 Å². The minimum absolute atomic E-state index is 0.0288. The molecule has 0 saturated carbocycles. The van der Waals surface area contributed by atoms with Crippen molar-refractivity contribution in [2.75, 3.05) is 12.5 Å². The maximum absolute atomic E-state index is 13.2. The van der Waals surface area contributed by atoms with Crippen molar-refractivity contribution in [1.82, 2.24) is 9.97 Å². The number of hydrazone groups is 1. The fourth-order valence-corrected chi connectivity index (χ4v) is 2.41. The second-order valence-corrected chi connectivity index (χ2v) is 5.76. The summed E-state index contributed by atoms with van der Waals surface area (Å²) in [5.74, 6) is 0.570. The molecule has 3 aromatic rings. The number of hydrogen-bond donors (Lipinski definition) is 1. The third-order valence-corrected chi connectivity index (χ3v) is 3.78. The van der Waals surface area contributed by atoms with Crippen LogP contribution in [0.4, 0.5) is 32.2 Å². The molecule has 29 heavy (non-hydrogen) atoms. The molecule has 0 amide bonds. The van der Waals surface area contributed by atoms with Crippen LogP contribution in [0.3, 0.4) is 0 Å². The fourth-order valence-electron chi connectivity index (χ4n) is 2.41. The van der Waals surface area contributed by atoms with E-state index in [-0.39, 0.29) is 11.9 Å². The standard InChI is InChI=1S/C18H12F6N4O/c1-29-11-4-2-10(3-5-11)9-25-28-15-7-6-12-13(17(19,20)21)8-14(18(22,23)24)26-16(12)27-15/h2-9H,1H3,(H,26,27,28)/b25-9+. The van der Waals surface area contributed by atoms with Crippen LogP contribution in [0, 0.1) is 0 Å². The summed E-state index contributed by atoms with van der Waals surface area (Å²) in [6.45, 7) is 0. The Labute approximate surface area is 160 Å². The summed E-state index contributed by atoms with van der Waals surface area (Å²) in [6, 6.07) is 8.91. The first-order valence-corrected chi connectivity index (χ1v) is 7.97. The van der Waals surface area contributed by atoms with E-state index in [0.717, 1.165) is 12.1 Å². The Hall–Kier alpha value is -3.37. The minimum atomic E-state index is -5.05. The van der Waals surface area contributed by atoms with E-state index in [1.54, 1.807) is 24.3 Å². The number of methoxy groups -OCH3 is 1. The molecule has 1 aromatic carbocycles. The van der Waals surface area contributed by atoms with E-state index < -0.39 is 34.6 Å². The van der Waals surface area contributed by atoms with Crippen molar-refractivity contribution in [2.45, 2.75) is 12.4 Å². The molecule has 0 fully saturated rings. The van der Waals surface area contributed by atoms with Crippen molar-refractivity contribution in [3.8, 4) is 5.75 Å². The van der Waals surface area contributed by atoms with Gasteiger partial charge >= 0.3 is 12.4 Å². The molecule has 0 bridgehead atoms. The van der Waals surface area contributed by atoms with Crippen molar-refractivity contribution in [1.29, 1.82) is 0 Å². The predicted octanol–water partition coefficient (Wildman–Crippen LogP) is 5.12. The number of fused-ring (bicyclic) bond motifs is 1. The number of hydrogen-bond acceptors (Lipinski definition) is 5. The average Bonchev–Trinajstić information content (AvgIpc) is 2.66. The molecular formula is C18H12F6N4O. The van der Waals surface area contributed by atoms with E-state index in [1.807, 2.05) is 0 Å². The van der Waals surface area contributed by atoms with Crippen LogP contribution in [0.2, 0.25) is 0 Å². The van der Waals surface area contributed by atoms with Crippen molar-refractivity contribution < 1.29 is 31.1 Å². The van der Waals surface area contributed by atoms with Gasteiger partial charge in [-0.25, -0.2) is 9.97 Å². The summed E-state index contributed by atoms with van der Waals surface area (Å²) < 4.78 is 83.3. The highest BCUT2D eigenvalue weighted by Gasteiger charge is 2.39. The van der Waals surface area contributed by atoms with Gasteiger partial charge < -0.3 is 4.74 Å². The van der Waals surface area contributed by atoms with Gasteiger partial charge in [-0.1, -0.05) is 0 Å². The zero-order valence-electron chi connectivity index (χ0n) is 14.6. The van der Waals surface area contributed by atoms with Crippen molar-refractivity contribution in [3.63, 3.8) is 0 Å². The molecule has 0 aliphatic rings. The molecule has 11 heteroatoms. The number of nitrogens with one attached hydrogen (secondary N) is 1. The van der Waals surface area contributed by atoms with Gasteiger partial charge in [0, 0.05) is 5.39 Å². The van der Waals surface area contributed by atoms with Gasteiger partial charge in [0.15, 0.2) is 5.65 Å². The van der Waals surface area contributed by atoms with E-state index in [1.165, 1.54) is 13.3 Å². The average molecular weight is 414 g/mol. The summed E-state index contributed by atoms with van der Waals surface area (Å²) in [4.78, 5) is 6.95. The minimum Gasteiger partial charge on any atom is -0.497 e. The number of aromatic nitrogens is 2. The lowest BCUT2D eigenvalue weighted by atomic mass is 10.1. The molecule has 0 unspecified atom stereocenters. The Balaban J connectivity index is 1.92. The number of nitrogens with zero attached hydrogens (tertiary/aromatic N) is 3. The molecule has 0 atom stereocenters. The van der Waals surface area contributed by atoms with E-state index in [2.05, 4.69) is 20.5 Å². The Kier molecular flexibility index (Phi) is 5.31. The lowest BCUT2D eigenvalue weighted by Gasteiger charge is -2.14. The second-order valence-electron chi connectivity index (χ2n) is 5.76. The van der Waals surface area contributed by atoms with Gasteiger partial charge in [0.2, 0.25) is 0 Å². The summed E-state index contributed by atoms with van der Waals surface area (Å²) in [5, 5.41) is 3.32. The summed E-state index contributed by atoms with van der Waals surface area (Å²) in [6.07, 6.45) is -8.65. The first-order chi connectivity index (χ1) is 13.6. The molecule has 2 aromatic heterocycles. The quantitative estimate of drug-likeness (QED) is 0.366. The number of alkyl halides is 6. The van der Waals surface area contributed by atoms with Crippen LogP contribution in [0.15, 0.2) is 47.6 Å². The Morgan fingerprint density at radius 1 is 0.931 bits per heavy atom. The molecule has 0 aliphatic carbocycles. The van der Waals surface area contributed by atoms with E-state index in [4.69, 9.17) is 4.74 Å². The zero-order valence-corrected chi connectivity index (χ0v) is 14.6. The molecule has 0 spiro atoms. The van der Waals surface area contributed by atoms with Crippen molar-refractivity contribution >= 4 is 23.1 Å². The molecule has 0 saturated heterocycles. The maximum atomic E-state index is 13.2. The van der Waals surface area contributed by atoms with Crippen molar-refractivity contribution in [3.05, 3.63) is 59.3 Å². The molecule has 3 rings (SSSR count). The lowest BCUT2D eigenvalue weighted by Crippen LogP contribution is -2.14. The van der Waals surface area contributed by atoms with E-state index in [0.29, 0.717) is 11.3 Å². The lowest BCUT2D eigenvalue weighted by molar-refractivity contribution is -0.144. The maximum Gasteiger partial charge on any atom is 0.433 e. The fraction of sp³-hybridized carbons (Fsp3) is 0.167. The van der Waals surface area contributed by atoms with E-state index >= 15 is 0 Å². The first-order valence-electron chi connectivity index (χ1n) is 7.97. The van der Waals surface area contributed by atoms with Gasteiger partial charge in [-0.3, -0.25) is 5.43 Å². The molecule has 152 valence electrons. The summed E-state index contributed by atoms with van der Waals surface area (Å²) in [7, 11) is 1.51. The topological polar surface area (TPSA) is 59.4 Å². The molecule has 1 N–H and O–H groups in total. The smallest absolute Gasteiger partial charge is 0.433 e. The molecule has 0 aliphatic heterocycles. The number of pyridine rings is 2. The zero-order chi connectivity index (χ0) is 21.2.